The highest BCUT2D eigenvalue weighted by molar-refractivity contribution is 6.30. The van der Waals surface area contributed by atoms with Crippen molar-refractivity contribution in [3.63, 3.8) is 0 Å². The fraction of sp³-hybridized carbons (Fsp3) is 0.429. The molecule has 2 unspecified atom stereocenters. The summed E-state index contributed by atoms with van der Waals surface area (Å²) >= 11 is 6.04. The molecule has 2 aromatic carbocycles. The summed E-state index contributed by atoms with van der Waals surface area (Å²) in [6.07, 6.45) is 3.02. The first-order chi connectivity index (χ1) is 12.7. The molecule has 1 saturated carbocycles. The molecule has 2 aliphatic rings. The first-order valence-corrected chi connectivity index (χ1v) is 9.39. The second-order valence-electron chi connectivity index (χ2n) is 6.77. The first-order valence-electron chi connectivity index (χ1n) is 9.01. The lowest BCUT2D eigenvalue weighted by molar-refractivity contribution is 0.170. The lowest BCUT2D eigenvalue weighted by atomic mass is 9.94. The van der Waals surface area contributed by atoms with Crippen molar-refractivity contribution < 1.29 is 18.9 Å². The average molecular weight is 375 g/mol. The summed E-state index contributed by atoms with van der Waals surface area (Å²) in [5.74, 6) is 3.77. The number of benzene rings is 2. The van der Waals surface area contributed by atoms with Crippen LogP contribution < -0.4 is 18.9 Å². The molecule has 2 aromatic rings. The SMILES string of the molecule is CCCc1c(OC)c(OC)c2c(c1C1CC1c1ccc(Cl)cc1)OCO2. The fourth-order valence-corrected chi connectivity index (χ4v) is 4.16. The standard InChI is InChI=1S/C21H23ClO4/c1-4-5-14-17(16-10-15(16)12-6-8-13(22)9-7-12)19-21(26-11-25-19)20(24-3)18(14)23-2/h6-9,15-16H,4-5,10-11H2,1-3H3. The van der Waals surface area contributed by atoms with Gasteiger partial charge in [-0.25, -0.2) is 0 Å². The minimum Gasteiger partial charge on any atom is -0.492 e. The van der Waals surface area contributed by atoms with Crippen molar-refractivity contribution in [1.29, 1.82) is 0 Å². The molecular formula is C21H23ClO4. The normalized spacial score (nSPS) is 20.2. The first kappa shape index (κ1) is 17.3. The van der Waals surface area contributed by atoms with Gasteiger partial charge in [0, 0.05) is 16.1 Å². The molecule has 1 aliphatic carbocycles. The molecule has 0 spiro atoms. The highest BCUT2D eigenvalue weighted by atomic mass is 35.5. The van der Waals surface area contributed by atoms with Crippen molar-refractivity contribution in [2.75, 3.05) is 21.0 Å². The molecule has 4 rings (SSSR count). The third kappa shape index (κ3) is 2.77. The van der Waals surface area contributed by atoms with Gasteiger partial charge in [-0.3, -0.25) is 0 Å². The Morgan fingerprint density at radius 2 is 1.69 bits per heavy atom. The van der Waals surface area contributed by atoms with E-state index in [1.54, 1.807) is 14.2 Å². The van der Waals surface area contributed by atoms with Crippen molar-refractivity contribution in [3.05, 3.63) is 46.0 Å². The highest BCUT2D eigenvalue weighted by Crippen LogP contribution is 2.63. The molecule has 0 aromatic heterocycles. The van der Waals surface area contributed by atoms with E-state index in [0.29, 0.717) is 23.3 Å². The van der Waals surface area contributed by atoms with Gasteiger partial charge in [0.15, 0.2) is 11.5 Å². The summed E-state index contributed by atoms with van der Waals surface area (Å²) in [6.45, 7) is 2.39. The molecular weight excluding hydrogens is 352 g/mol. The van der Waals surface area contributed by atoms with E-state index in [9.17, 15) is 0 Å². The van der Waals surface area contributed by atoms with Crippen LogP contribution in [-0.2, 0) is 6.42 Å². The summed E-state index contributed by atoms with van der Waals surface area (Å²) in [4.78, 5) is 0. The summed E-state index contributed by atoms with van der Waals surface area (Å²) in [6, 6.07) is 8.14. The number of hydrogen-bond acceptors (Lipinski definition) is 4. The predicted molar refractivity (Wildman–Crippen MR) is 101 cm³/mol. The van der Waals surface area contributed by atoms with Gasteiger partial charge in [0.25, 0.3) is 0 Å². The third-order valence-electron chi connectivity index (χ3n) is 5.24. The Kier molecular flexibility index (Phi) is 4.62. The van der Waals surface area contributed by atoms with Gasteiger partial charge in [-0.15, -0.1) is 0 Å². The molecule has 0 amide bonds. The Morgan fingerprint density at radius 1 is 1.00 bits per heavy atom. The van der Waals surface area contributed by atoms with Gasteiger partial charge in [0.05, 0.1) is 14.2 Å². The van der Waals surface area contributed by atoms with Crippen molar-refractivity contribution in [2.24, 2.45) is 0 Å². The average Bonchev–Trinajstić information content (AvgIpc) is 3.28. The zero-order valence-electron chi connectivity index (χ0n) is 15.3. The van der Waals surface area contributed by atoms with Crippen LogP contribution in [0.5, 0.6) is 23.0 Å². The second-order valence-corrected chi connectivity index (χ2v) is 7.21. The van der Waals surface area contributed by atoms with Gasteiger partial charge in [0.1, 0.15) is 0 Å². The smallest absolute Gasteiger partial charge is 0.231 e. The Hall–Kier alpha value is -2.07. The van der Waals surface area contributed by atoms with Gasteiger partial charge < -0.3 is 18.9 Å². The molecule has 0 N–H and O–H groups in total. The van der Waals surface area contributed by atoms with E-state index in [2.05, 4.69) is 19.1 Å². The third-order valence-corrected chi connectivity index (χ3v) is 5.49. The summed E-state index contributed by atoms with van der Waals surface area (Å²) in [7, 11) is 3.33. The van der Waals surface area contributed by atoms with Crippen LogP contribution >= 0.6 is 11.6 Å². The molecule has 1 heterocycles. The minimum absolute atomic E-state index is 0.218. The molecule has 0 radical (unpaired) electrons. The molecule has 1 aliphatic heterocycles. The largest absolute Gasteiger partial charge is 0.492 e. The predicted octanol–water partition coefficient (Wildman–Crippen LogP) is 5.31. The van der Waals surface area contributed by atoms with Crippen LogP contribution in [0.3, 0.4) is 0 Å². The Bertz CT molecular complexity index is 816. The molecule has 4 nitrogen and oxygen atoms in total. The minimum atomic E-state index is 0.218. The summed E-state index contributed by atoms with van der Waals surface area (Å²) < 4.78 is 23.0. The zero-order valence-corrected chi connectivity index (χ0v) is 16.1. The second kappa shape index (κ2) is 6.92. The van der Waals surface area contributed by atoms with Crippen molar-refractivity contribution >= 4 is 11.6 Å². The molecule has 1 fully saturated rings. The lowest BCUT2D eigenvalue weighted by Gasteiger charge is -2.19. The van der Waals surface area contributed by atoms with Crippen molar-refractivity contribution in [2.45, 2.75) is 38.0 Å². The molecule has 5 heteroatoms. The maximum Gasteiger partial charge on any atom is 0.231 e. The number of halogens is 1. The summed E-state index contributed by atoms with van der Waals surface area (Å²) in [5.41, 5.74) is 3.71. The van der Waals surface area contributed by atoms with E-state index in [0.717, 1.165) is 35.8 Å². The van der Waals surface area contributed by atoms with E-state index in [1.807, 2.05) is 12.1 Å². The van der Waals surface area contributed by atoms with Crippen LogP contribution in [0.4, 0.5) is 0 Å². The maximum absolute atomic E-state index is 6.04. The molecule has 0 bridgehead atoms. The van der Waals surface area contributed by atoms with Crippen LogP contribution in [0.25, 0.3) is 0 Å². The fourth-order valence-electron chi connectivity index (χ4n) is 4.03. The van der Waals surface area contributed by atoms with Gasteiger partial charge in [-0.2, -0.15) is 0 Å². The molecule has 2 atom stereocenters. The topological polar surface area (TPSA) is 36.9 Å². The Balaban J connectivity index is 1.81. The number of hydrogen-bond donors (Lipinski definition) is 0. The van der Waals surface area contributed by atoms with Crippen molar-refractivity contribution in [3.8, 4) is 23.0 Å². The van der Waals surface area contributed by atoms with E-state index < -0.39 is 0 Å². The molecule has 0 saturated heterocycles. The van der Waals surface area contributed by atoms with E-state index in [-0.39, 0.29) is 6.79 Å². The van der Waals surface area contributed by atoms with E-state index in [4.69, 9.17) is 30.5 Å². The van der Waals surface area contributed by atoms with Crippen LogP contribution in [0.15, 0.2) is 24.3 Å². The van der Waals surface area contributed by atoms with Gasteiger partial charge in [-0.05, 0) is 42.4 Å². The Labute approximate surface area is 159 Å². The van der Waals surface area contributed by atoms with E-state index in [1.165, 1.54) is 16.7 Å². The number of methoxy groups -OCH3 is 2. The van der Waals surface area contributed by atoms with Gasteiger partial charge in [0.2, 0.25) is 18.3 Å². The van der Waals surface area contributed by atoms with E-state index >= 15 is 0 Å². The number of ether oxygens (including phenoxy) is 4. The maximum atomic E-state index is 6.04. The Morgan fingerprint density at radius 3 is 2.35 bits per heavy atom. The lowest BCUT2D eigenvalue weighted by Crippen LogP contribution is -2.03. The van der Waals surface area contributed by atoms with Crippen LogP contribution in [-0.4, -0.2) is 21.0 Å². The quantitative estimate of drug-likeness (QED) is 0.686. The highest BCUT2D eigenvalue weighted by Gasteiger charge is 2.45. The number of fused-ring (bicyclic) bond motifs is 1. The molecule has 26 heavy (non-hydrogen) atoms. The van der Waals surface area contributed by atoms with Crippen LogP contribution in [0.2, 0.25) is 5.02 Å². The van der Waals surface area contributed by atoms with Gasteiger partial charge >= 0.3 is 0 Å². The summed E-state index contributed by atoms with van der Waals surface area (Å²) in [5, 5.41) is 0.765. The number of rotatable bonds is 6. The monoisotopic (exact) mass is 374 g/mol. The van der Waals surface area contributed by atoms with Crippen LogP contribution in [0.1, 0.15) is 48.3 Å². The van der Waals surface area contributed by atoms with Crippen LogP contribution in [0, 0.1) is 0 Å². The van der Waals surface area contributed by atoms with Crippen molar-refractivity contribution in [1.82, 2.24) is 0 Å². The zero-order chi connectivity index (χ0) is 18.3. The molecule has 138 valence electrons. The van der Waals surface area contributed by atoms with Gasteiger partial charge in [-0.1, -0.05) is 37.1 Å².